The molecule has 0 saturated heterocycles. The number of nitrogens with zero attached hydrogens (tertiary/aromatic N) is 1. The van der Waals surface area contributed by atoms with Crippen molar-refractivity contribution in [3.05, 3.63) is 42.1 Å². The molecule has 0 atom stereocenters. The van der Waals surface area contributed by atoms with E-state index in [1.807, 2.05) is 12.1 Å². The second kappa shape index (κ2) is 3.83. The zero-order valence-electron chi connectivity index (χ0n) is 8.68. The van der Waals surface area contributed by atoms with E-state index < -0.39 is 0 Å². The minimum atomic E-state index is 0.786. The van der Waals surface area contributed by atoms with Gasteiger partial charge in [0.15, 0.2) is 5.58 Å². The summed E-state index contributed by atoms with van der Waals surface area (Å²) in [5.41, 5.74) is 1.88. The molecule has 0 aliphatic rings. The van der Waals surface area contributed by atoms with Crippen LogP contribution in [-0.2, 0) is 6.42 Å². The first-order chi connectivity index (χ1) is 7.90. The van der Waals surface area contributed by atoms with Crippen LogP contribution in [0, 0.1) is 0 Å². The van der Waals surface area contributed by atoms with Crippen molar-refractivity contribution in [2.24, 2.45) is 0 Å². The average Bonchev–Trinajstić information content (AvgIpc) is 2.73. The van der Waals surface area contributed by atoms with E-state index in [2.05, 4.69) is 42.1 Å². The molecule has 0 aliphatic carbocycles. The molecule has 80 valence electrons. The second-order valence-corrected chi connectivity index (χ2v) is 4.21. The van der Waals surface area contributed by atoms with E-state index in [0.29, 0.717) is 0 Å². The molecule has 3 rings (SSSR count). The van der Waals surface area contributed by atoms with Crippen molar-refractivity contribution in [2.45, 2.75) is 6.42 Å². The van der Waals surface area contributed by atoms with Crippen LogP contribution >= 0.6 is 12.6 Å². The van der Waals surface area contributed by atoms with Crippen LogP contribution < -0.4 is 0 Å². The summed E-state index contributed by atoms with van der Waals surface area (Å²) in [5, 5.41) is 7.52. The summed E-state index contributed by atoms with van der Waals surface area (Å²) in [6, 6.07) is 12.4. The van der Waals surface area contributed by atoms with E-state index in [1.54, 1.807) is 0 Å². The van der Waals surface area contributed by atoms with Gasteiger partial charge in [-0.05, 0) is 17.2 Å². The van der Waals surface area contributed by atoms with Crippen molar-refractivity contribution >= 4 is 34.4 Å². The lowest BCUT2D eigenvalue weighted by Crippen LogP contribution is -1.85. The average molecular weight is 229 g/mol. The largest absolute Gasteiger partial charge is 0.355 e. The van der Waals surface area contributed by atoms with Gasteiger partial charge in [0.1, 0.15) is 0 Å². The summed E-state index contributed by atoms with van der Waals surface area (Å²) in [6.07, 6.45) is 0.842. The maximum absolute atomic E-state index is 5.43. The number of hydrogen-bond donors (Lipinski definition) is 1. The van der Waals surface area contributed by atoms with Gasteiger partial charge in [-0.3, -0.25) is 0 Å². The Labute approximate surface area is 98.6 Å². The number of benzene rings is 2. The van der Waals surface area contributed by atoms with E-state index in [0.717, 1.165) is 34.2 Å². The lowest BCUT2D eigenvalue weighted by atomic mass is 10.1. The van der Waals surface area contributed by atoms with Gasteiger partial charge in [-0.2, -0.15) is 12.6 Å². The van der Waals surface area contributed by atoms with Gasteiger partial charge in [0, 0.05) is 17.2 Å². The monoisotopic (exact) mass is 229 g/mol. The van der Waals surface area contributed by atoms with E-state index >= 15 is 0 Å². The maximum Gasteiger partial charge on any atom is 0.174 e. The lowest BCUT2D eigenvalue weighted by molar-refractivity contribution is 0.449. The fourth-order valence-corrected chi connectivity index (χ4v) is 2.22. The van der Waals surface area contributed by atoms with E-state index in [4.69, 9.17) is 4.52 Å². The van der Waals surface area contributed by atoms with Gasteiger partial charge >= 0.3 is 0 Å². The first-order valence-corrected chi connectivity index (χ1v) is 5.90. The quantitative estimate of drug-likeness (QED) is 0.681. The summed E-state index contributed by atoms with van der Waals surface area (Å²) in [5.74, 6) is 0.786. The van der Waals surface area contributed by atoms with E-state index in [-0.39, 0.29) is 0 Å². The molecule has 0 N–H and O–H groups in total. The molecule has 3 heteroatoms. The maximum atomic E-state index is 5.43. The second-order valence-electron chi connectivity index (χ2n) is 3.77. The molecule has 16 heavy (non-hydrogen) atoms. The smallest absolute Gasteiger partial charge is 0.174 e. The molecular weight excluding hydrogens is 218 g/mol. The van der Waals surface area contributed by atoms with Crippen molar-refractivity contribution in [3.8, 4) is 0 Å². The SMILES string of the molecule is SCCc1noc2c1ccc1ccccc12. The van der Waals surface area contributed by atoms with Crippen LogP contribution in [0.4, 0.5) is 0 Å². The normalized spacial score (nSPS) is 11.3. The summed E-state index contributed by atoms with van der Waals surface area (Å²) in [7, 11) is 0. The molecule has 0 amide bonds. The molecule has 1 heterocycles. The fraction of sp³-hybridized carbons (Fsp3) is 0.154. The predicted octanol–water partition coefficient (Wildman–Crippen LogP) is 3.45. The van der Waals surface area contributed by atoms with Crippen LogP contribution in [0.5, 0.6) is 0 Å². The third-order valence-electron chi connectivity index (χ3n) is 2.79. The fourth-order valence-electron chi connectivity index (χ4n) is 2.00. The molecular formula is C13H11NOS. The Bertz CT molecular complexity index is 645. The summed E-state index contributed by atoms with van der Waals surface area (Å²) in [4.78, 5) is 0. The highest BCUT2D eigenvalue weighted by Crippen LogP contribution is 2.27. The van der Waals surface area contributed by atoms with E-state index in [9.17, 15) is 0 Å². The van der Waals surface area contributed by atoms with Gasteiger partial charge in [-0.25, -0.2) is 0 Å². The van der Waals surface area contributed by atoms with Gasteiger partial charge in [0.25, 0.3) is 0 Å². The van der Waals surface area contributed by atoms with Gasteiger partial charge in [-0.1, -0.05) is 35.5 Å². The molecule has 0 unspecified atom stereocenters. The zero-order chi connectivity index (χ0) is 11.0. The van der Waals surface area contributed by atoms with Crippen molar-refractivity contribution in [1.82, 2.24) is 5.16 Å². The van der Waals surface area contributed by atoms with Crippen LogP contribution in [0.25, 0.3) is 21.7 Å². The zero-order valence-corrected chi connectivity index (χ0v) is 9.58. The van der Waals surface area contributed by atoms with Gasteiger partial charge in [-0.15, -0.1) is 0 Å². The van der Waals surface area contributed by atoms with Gasteiger partial charge in [0.2, 0.25) is 0 Å². The Balaban J connectivity index is 2.36. The first kappa shape index (κ1) is 9.73. The highest BCUT2D eigenvalue weighted by Gasteiger charge is 2.09. The van der Waals surface area contributed by atoms with Crippen LogP contribution in [0.3, 0.4) is 0 Å². The number of fused-ring (bicyclic) bond motifs is 3. The lowest BCUT2D eigenvalue weighted by Gasteiger charge is -1.97. The number of aromatic nitrogens is 1. The van der Waals surface area contributed by atoms with Crippen LogP contribution in [0.2, 0.25) is 0 Å². The molecule has 0 fully saturated rings. The molecule has 2 nitrogen and oxygen atoms in total. The Kier molecular flexibility index (Phi) is 2.33. The Morgan fingerprint density at radius 3 is 2.81 bits per heavy atom. The summed E-state index contributed by atoms with van der Waals surface area (Å²) in [6.45, 7) is 0. The number of thiol groups is 1. The molecule has 1 aromatic heterocycles. The van der Waals surface area contributed by atoms with Crippen molar-refractivity contribution in [1.29, 1.82) is 0 Å². The highest BCUT2D eigenvalue weighted by atomic mass is 32.1. The van der Waals surface area contributed by atoms with Crippen molar-refractivity contribution in [3.63, 3.8) is 0 Å². The highest BCUT2D eigenvalue weighted by molar-refractivity contribution is 7.80. The Morgan fingerprint density at radius 2 is 1.94 bits per heavy atom. The van der Waals surface area contributed by atoms with Gasteiger partial charge < -0.3 is 4.52 Å². The Hall–Kier alpha value is -1.48. The summed E-state index contributed by atoms with van der Waals surface area (Å²) >= 11 is 4.22. The predicted molar refractivity (Wildman–Crippen MR) is 69.1 cm³/mol. The topological polar surface area (TPSA) is 26.0 Å². The van der Waals surface area contributed by atoms with Crippen LogP contribution in [0.1, 0.15) is 5.69 Å². The number of aryl methyl sites for hydroxylation is 1. The first-order valence-electron chi connectivity index (χ1n) is 5.27. The summed E-state index contributed by atoms with van der Waals surface area (Å²) < 4.78 is 5.43. The molecule has 3 aromatic rings. The molecule has 0 radical (unpaired) electrons. The third-order valence-corrected chi connectivity index (χ3v) is 3.01. The molecule has 0 bridgehead atoms. The molecule has 0 saturated carbocycles. The van der Waals surface area contributed by atoms with Crippen LogP contribution in [-0.4, -0.2) is 10.9 Å². The minimum absolute atomic E-state index is 0.786. The van der Waals surface area contributed by atoms with Crippen LogP contribution in [0.15, 0.2) is 40.9 Å². The van der Waals surface area contributed by atoms with Gasteiger partial charge in [0.05, 0.1) is 5.69 Å². The molecule has 2 aromatic carbocycles. The molecule has 0 spiro atoms. The van der Waals surface area contributed by atoms with Crippen molar-refractivity contribution < 1.29 is 4.52 Å². The number of rotatable bonds is 2. The molecule has 0 aliphatic heterocycles. The van der Waals surface area contributed by atoms with Crippen molar-refractivity contribution in [2.75, 3.05) is 5.75 Å². The third kappa shape index (κ3) is 1.39. The Morgan fingerprint density at radius 1 is 1.06 bits per heavy atom. The standard InChI is InChI=1S/C13H11NOS/c16-8-7-12-11-6-5-9-3-1-2-4-10(9)13(11)15-14-12/h1-6,16H,7-8H2. The minimum Gasteiger partial charge on any atom is -0.355 e. The number of hydrogen-bond acceptors (Lipinski definition) is 3. The van der Waals surface area contributed by atoms with E-state index in [1.165, 1.54) is 5.39 Å².